The van der Waals surface area contributed by atoms with E-state index in [1.54, 1.807) is 0 Å². The second-order valence-corrected chi connectivity index (χ2v) is 4.54. The summed E-state index contributed by atoms with van der Waals surface area (Å²) in [5.41, 5.74) is 2.14. The molecule has 0 aromatic heterocycles. The Morgan fingerprint density at radius 1 is 1.12 bits per heavy atom. The molecule has 1 aliphatic heterocycles. The molecule has 4 nitrogen and oxygen atoms in total. The number of carbonyl (C=O) groups is 2. The first kappa shape index (κ1) is 11.6. The summed E-state index contributed by atoms with van der Waals surface area (Å²) in [7, 11) is 0. The molecule has 1 aromatic rings. The van der Waals surface area contributed by atoms with E-state index >= 15 is 0 Å². The molecule has 17 heavy (non-hydrogen) atoms. The molecule has 0 bridgehead atoms. The molecule has 1 saturated heterocycles. The normalized spacial score (nSPS) is 16.3. The lowest BCUT2D eigenvalue weighted by atomic mass is 10.00. The maximum absolute atomic E-state index is 11.4. The first-order valence-corrected chi connectivity index (χ1v) is 5.74. The number of carbonyl (C=O) groups excluding carboxylic acids is 2. The van der Waals surface area contributed by atoms with E-state index in [4.69, 9.17) is 0 Å². The van der Waals surface area contributed by atoms with E-state index in [1.807, 2.05) is 29.2 Å². The number of amides is 2. The Labute approximate surface area is 101 Å². The summed E-state index contributed by atoms with van der Waals surface area (Å²) in [6.45, 7) is 4.69. The minimum Gasteiger partial charge on any atom is -0.353 e. The van der Waals surface area contributed by atoms with Gasteiger partial charge in [-0.2, -0.15) is 0 Å². The van der Waals surface area contributed by atoms with Gasteiger partial charge in [-0.15, -0.1) is 0 Å². The second kappa shape index (κ2) is 4.57. The Kier molecular flexibility index (Phi) is 3.13. The minimum atomic E-state index is -0.236. The van der Waals surface area contributed by atoms with Crippen LogP contribution < -0.4 is 10.2 Å². The van der Waals surface area contributed by atoms with Crippen LogP contribution in [0.4, 0.5) is 5.69 Å². The second-order valence-electron chi connectivity index (χ2n) is 4.54. The number of imide groups is 1. The van der Waals surface area contributed by atoms with Crippen molar-refractivity contribution >= 4 is 17.5 Å². The molecular formula is C13H16N2O2. The molecule has 1 fully saturated rings. The zero-order valence-corrected chi connectivity index (χ0v) is 10.1. The van der Waals surface area contributed by atoms with Gasteiger partial charge in [0, 0.05) is 5.69 Å². The average molecular weight is 232 g/mol. The molecule has 1 heterocycles. The summed E-state index contributed by atoms with van der Waals surface area (Å²) in [4.78, 5) is 24.6. The molecule has 4 heteroatoms. The van der Waals surface area contributed by atoms with E-state index < -0.39 is 0 Å². The predicted octanol–water partition coefficient (Wildman–Crippen LogP) is 1.27. The average Bonchev–Trinajstić information content (AvgIpc) is 2.27. The van der Waals surface area contributed by atoms with Gasteiger partial charge in [-0.3, -0.25) is 14.9 Å². The van der Waals surface area contributed by atoms with Gasteiger partial charge in [-0.1, -0.05) is 32.0 Å². The summed E-state index contributed by atoms with van der Waals surface area (Å²) in [6, 6.07) is 7.90. The zero-order valence-electron chi connectivity index (χ0n) is 10.1. The smallest absolute Gasteiger partial charge is 0.246 e. The molecule has 1 aromatic carbocycles. The fraction of sp³-hybridized carbons (Fsp3) is 0.385. The monoisotopic (exact) mass is 232 g/mol. The van der Waals surface area contributed by atoms with Gasteiger partial charge in [-0.05, 0) is 17.5 Å². The van der Waals surface area contributed by atoms with E-state index in [2.05, 4.69) is 19.2 Å². The first-order valence-electron chi connectivity index (χ1n) is 5.74. The molecule has 2 amide bonds. The molecule has 0 spiro atoms. The minimum absolute atomic E-state index is 0.236. The highest BCUT2D eigenvalue weighted by Crippen LogP contribution is 2.27. The van der Waals surface area contributed by atoms with Gasteiger partial charge in [0.25, 0.3) is 0 Å². The highest BCUT2D eigenvalue weighted by Gasteiger charge is 2.24. The van der Waals surface area contributed by atoms with E-state index in [-0.39, 0.29) is 24.9 Å². The Morgan fingerprint density at radius 2 is 1.71 bits per heavy atom. The fourth-order valence-corrected chi connectivity index (χ4v) is 2.07. The van der Waals surface area contributed by atoms with Gasteiger partial charge in [0.05, 0.1) is 13.1 Å². The van der Waals surface area contributed by atoms with Crippen molar-refractivity contribution in [2.75, 3.05) is 18.0 Å². The number of nitrogens with one attached hydrogen (secondary N) is 1. The van der Waals surface area contributed by atoms with Crippen molar-refractivity contribution in [1.29, 1.82) is 0 Å². The molecule has 90 valence electrons. The number of nitrogens with zero attached hydrogens (tertiary/aromatic N) is 1. The van der Waals surface area contributed by atoms with Gasteiger partial charge in [-0.25, -0.2) is 0 Å². The molecule has 0 unspecified atom stereocenters. The highest BCUT2D eigenvalue weighted by molar-refractivity contribution is 6.02. The third-order valence-electron chi connectivity index (χ3n) is 2.85. The van der Waals surface area contributed by atoms with Crippen LogP contribution in [0, 0.1) is 0 Å². The molecule has 1 N–H and O–H groups in total. The van der Waals surface area contributed by atoms with E-state index in [0.29, 0.717) is 5.92 Å². The number of hydrogen-bond acceptors (Lipinski definition) is 3. The maximum Gasteiger partial charge on any atom is 0.246 e. The van der Waals surface area contributed by atoms with Crippen LogP contribution in [0.2, 0.25) is 0 Å². The largest absolute Gasteiger partial charge is 0.353 e. The summed E-state index contributed by atoms with van der Waals surface area (Å²) in [6.07, 6.45) is 0. The van der Waals surface area contributed by atoms with E-state index in [9.17, 15) is 9.59 Å². The fourth-order valence-electron chi connectivity index (χ4n) is 2.07. The standard InChI is InChI=1S/C13H16N2O2/c1-9(2)10-5-3-4-6-11(10)15-7-12(16)14-13(17)8-15/h3-6,9H,7-8H2,1-2H3,(H,14,16,17). The quantitative estimate of drug-likeness (QED) is 0.781. The summed E-state index contributed by atoms with van der Waals surface area (Å²) < 4.78 is 0. The number of anilines is 1. The number of hydrogen-bond donors (Lipinski definition) is 1. The maximum atomic E-state index is 11.4. The Morgan fingerprint density at radius 3 is 2.29 bits per heavy atom. The molecule has 0 saturated carbocycles. The van der Waals surface area contributed by atoms with Crippen molar-refractivity contribution in [3.8, 4) is 0 Å². The summed E-state index contributed by atoms with van der Waals surface area (Å²) in [5, 5.41) is 2.31. The van der Waals surface area contributed by atoms with Crippen LogP contribution in [-0.2, 0) is 9.59 Å². The summed E-state index contributed by atoms with van der Waals surface area (Å²) in [5.74, 6) is -0.106. The Balaban J connectivity index is 2.33. The van der Waals surface area contributed by atoms with Crippen molar-refractivity contribution in [3.63, 3.8) is 0 Å². The Bertz CT molecular complexity index is 438. The van der Waals surface area contributed by atoms with Crippen LogP contribution >= 0.6 is 0 Å². The van der Waals surface area contributed by atoms with E-state index in [1.165, 1.54) is 0 Å². The molecule has 0 aliphatic carbocycles. The lowest BCUT2D eigenvalue weighted by Crippen LogP contribution is -2.51. The molecule has 0 atom stereocenters. The topological polar surface area (TPSA) is 49.4 Å². The van der Waals surface area contributed by atoms with Crippen molar-refractivity contribution in [1.82, 2.24) is 5.32 Å². The lowest BCUT2D eigenvalue weighted by molar-refractivity contribution is -0.130. The van der Waals surface area contributed by atoms with Crippen LogP contribution in [-0.4, -0.2) is 24.9 Å². The number of rotatable bonds is 2. The predicted molar refractivity (Wildman–Crippen MR) is 65.9 cm³/mol. The van der Waals surface area contributed by atoms with Crippen molar-refractivity contribution in [2.45, 2.75) is 19.8 Å². The van der Waals surface area contributed by atoms with Crippen molar-refractivity contribution in [3.05, 3.63) is 29.8 Å². The van der Waals surface area contributed by atoms with Crippen LogP contribution in [0.3, 0.4) is 0 Å². The van der Waals surface area contributed by atoms with Crippen molar-refractivity contribution < 1.29 is 9.59 Å². The highest BCUT2D eigenvalue weighted by atomic mass is 16.2. The van der Waals surface area contributed by atoms with Crippen LogP contribution in [0.1, 0.15) is 25.3 Å². The van der Waals surface area contributed by atoms with Gasteiger partial charge in [0.2, 0.25) is 11.8 Å². The number of para-hydroxylation sites is 1. The van der Waals surface area contributed by atoms with Crippen LogP contribution in [0.5, 0.6) is 0 Å². The van der Waals surface area contributed by atoms with Crippen LogP contribution in [0.25, 0.3) is 0 Å². The molecular weight excluding hydrogens is 216 g/mol. The number of piperazine rings is 1. The van der Waals surface area contributed by atoms with Gasteiger partial charge in [0.15, 0.2) is 0 Å². The molecule has 0 radical (unpaired) electrons. The van der Waals surface area contributed by atoms with E-state index in [0.717, 1.165) is 11.3 Å². The third-order valence-corrected chi connectivity index (χ3v) is 2.85. The summed E-state index contributed by atoms with van der Waals surface area (Å²) >= 11 is 0. The van der Waals surface area contributed by atoms with Crippen molar-refractivity contribution in [2.24, 2.45) is 0 Å². The third kappa shape index (κ3) is 2.46. The number of benzene rings is 1. The van der Waals surface area contributed by atoms with Crippen LogP contribution in [0.15, 0.2) is 24.3 Å². The Hall–Kier alpha value is -1.84. The lowest BCUT2D eigenvalue weighted by Gasteiger charge is -2.30. The van der Waals surface area contributed by atoms with Gasteiger partial charge >= 0.3 is 0 Å². The first-order chi connectivity index (χ1) is 8.08. The molecule has 1 aliphatic rings. The van der Waals surface area contributed by atoms with Gasteiger partial charge in [0.1, 0.15) is 0 Å². The zero-order chi connectivity index (χ0) is 12.4. The molecule has 2 rings (SSSR count). The van der Waals surface area contributed by atoms with Gasteiger partial charge < -0.3 is 4.90 Å². The SMILES string of the molecule is CC(C)c1ccccc1N1CC(=O)NC(=O)C1.